The lowest BCUT2D eigenvalue weighted by Crippen LogP contribution is -2.48. The van der Waals surface area contributed by atoms with E-state index in [1.165, 1.54) is 41.4 Å². The number of sulfonamides is 1. The molecule has 11 nitrogen and oxygen atoms in total. The van der Waals surface area contributed by atoms with Gasteiger partial charge in [-0.3, -0.25) is 24.3 Å². The first kappa shape index (κ1) is 25.4. The molecule has 1 aliphatic rings. The topological polar surface area (TPSA) is 151 Å². The fourth-order valence-electron chi connectivity index (χ4n) is 4.31. The van der Waals surface area contributed by atoms with Crippen molar-refractivity contribution in [2.75, 3.05) is 7.05 Å². The van der Waals surface area contributed by atoms with Gasteiger partial charge in [0.2, 0.25) is 10.0 Å². The average molecular weight is 515 g/mol. The molecule has 3 N–H and O–H groups in total. The van der Waals surface area contributed by atoms with Gasteiger partial charge in [-0.25, -0.2) is 18.7 Å². The summed E-state index contributed by atoms with van der Waals surface area (Å²) >= 11 is 0. The summed E-state index contributed by atoms with van der Waals surface area (Å²) in [5.74, 6) is 0.0758. The van der Waals surface area contributed by atoms with Crippen LogP contribution < -0.4 is 21.5 Å². The Balaban J connectivity index is 1.55. The van der Waals surface area contributed by atoms with Crippen LogP contribution in [-0.4, -0.2) is 46.5 Å². The summed E-state index contributed by atoms with van der Waals surface area (Å²) in [5.41, 5.74) is 1.58. The molecular weight excluding hydrogens is 488 g/mol. The minimum atomic E-state index is -4.16. The maximum absolute atomic E-state index is 13.3. The van der Waals surface area contributed by atoms with E-state index in [2.05, 4.69) is 4.98 Å². The predicted molar refractivity (Wildman–Crippen MR) is 130 cm³/mol. The van der Waals surface area contributed by atoms with Gasteiger partial charge in [0.1, 0.15) is 17.5 Å². The van der Waals surface area contributed by atoms with Crippen LogP contribution >= 0.6 is 0 Å². The first-order chi connectivity index (χ1) is 17.2. The lowest BCUT2D eigenvalue weighted by molar-refractivity contribution is -0.133. The number of hydroxylamine groups is 1. The van der Waals surface area contributed by atoms with Crippen molar-refractivity contribution < 1.29 is 23.2 Å². The van der Waals surface area contributed by atoms with E-state index in [0.717, 1.165) is 10.7 Å². The molecule has 0 saturated heterocycles. The molecule has 12 heteroatoms. The van der Waals surface area contributed by atoms with Crippen LogP contribution in [0.15, 0.2) is 69.1 Å². The highest BCUT2D eigenvalue weighted by Crippen LogP contribution is 2.25. The summed E-state index contributed by atoms with van der Waals surface area (Å²) < 4.78 is 34.5. The van der Waals surface area contributed by atoms with Gasteiger partial charge in [0.05, 0.1) is 4.90 Å². The van der Waals surface area contributed by atoms with Crippen LogP contribution in [0.1, 0.15) is 24.1 Å². The summed E-state index contributed by atoms with van der Waals surface area (Å²) in [7, 11) is -2.93. The van der Waals surface area contributed by atoms with Crippen molar-refractivity contribution >= 4 is 15.9 Å². The van der Waals surface area contributed by atoms with Crippen LogP contribution in [0.4, 0.5) is 0 Å². The number of aromatic nitrogens is 2. The molecule has 1 amide bonds. The first-order valence-corrected chi connectivity index (χ1v) is 12.8. The Kier molecular flexibility index (Phi) is 7.38. The zero-order chi connectivity index (χ0) is 25.9. The molecule has 0 spiro atoms. The number of ether oxygens (including phenoxy) is 1. The molecule has 36 heavy (non-hydrogen) atoms. The number of para-hydroxylation sites is 1. The Morgan fingerprint density at radius 2 is 1.78 bits per heavy atom. The summed E-state index contributed by atoms with van der Waals surface area (Å²) in [6.45, 7) is -0.0280. The molecule has 0 bridgehead atoms. The van der Waals surface area contributed by atoms with Crippen molar-refractivity contribution in [2.24, 2.45) is 0 Å². The quantitative estimate of drug-likeness (QED) is 0.288. The molecule has 2 aromatic carbocycles. The van der Waals surface area contributed by atoms with Gasteiger partial charge in [-0.2, -0.15) is 4.31 Å². The molecule has 1 aliphatic carbocycles. The number of fused-ring (bicyclic) bond motifs is 1. The van der Waals surface area contributed by atoms with E-state index in [1.807, 2.05) is 18.2 Å². The molecule has 0 aliphatic heterocycles. The van der Waals surface area contributed by atoms with Gasteiger partial charge in [-0.05, 0) is 62.1 Å². The third-order valence-corrected chi connectivity index (χ3v) is 8.09. The number of H-pyrrole nitrogens is 1. The molecule has 4 rings (SSSR count). The molecule has 1 aromatic heterocycles. The predicted octanol–water partition coefficient (Wildman–Crippen LogP) is 1.40. The number of nitrogens with one attached hydrogen (secondary N) is 2. The third kappa shape index (κ3) is 5.10. The van der Waals surface area contributed by atoms with Gasteiger partial charge in [0, 0.05) is 24.8 Å². The van der Waals surface area contributed by atoms with Gasteiger partial charge >= 0.3 is 5.69 Å². The fraction of sp³-hybridized carbons (Fsp3) is 0.292. The van der Waals surface area contributed by atoms with E-state index in [1.54, 1.807) is 12.1 Å². The number of hydrogen-bond acceptors (Lipinski definition) is 7. The summed E-state index contributed by atoms with van der Waals surface area (Å²) in [6, 6.07) is 13.4. The normalized spacial score (nSPS) is 13.9. The van der Waals surface area contributed by atoms with Crippen molar-refractivity contribution in [1.29, 1.82) is 0 Å². The lowest BCUT2D eigenvalue weighted by Gasteiger charge is -2.26. The van der Waals surface area contributed by atoms with E-state index < -0.39 is 33.2 Å². The Hall–Kier alpha value is -3.74. The van der Waals surface area contributed by atoms with Crippen LogP contribution in [-0.2, 0) is 34.2 Å². The van der Waals surface area contributed by atoms with E-state index >= 15 is 0 Å². The van der Waals surface area contributed by atoms with E-state index in [9.17, 15) is 28.0 Å². The smallest absolute Gasteiger partial charge is 0.328 e. The van der Waals surface area contributed by atoms with Gasteiger partial charge in [-0.1, -0.05) is 18.2 Å². The molecule has 1 atom stereocenters. The van der Waals surface area contributed by atoms with Crippen molar-refractivity contribution in [3.63, 3.8) is 0 Å². The zero-order valence-corrected chi connectivity index (χ0v) is 20.3. The third-order valence-electron chi connectivity index (χ3n) is 6.21. The zero-order valence-electron chi connectivity index (χ0n) is 19.5. The first-order valence-electron chi connectivity index (χ1n) is 11.3. The number of benzene rings is 2. The molecular formula is C24H26N4O7S. The second kappa shape index (κ2) is 10.5. The highest BCUT2D eigenvalue weighted by Gasteiger charge is 2.33. The number of carbonyl (C=O) groups excluding carboxylic acids is 1. The number of nitrogens with zero attached hydrogens (tertiary/aromatic N) is 2. The van der Waals surface area contributed by atoms with Crippen molar-refractivity contribution in [2.45, 2.75) is 43.2 Å². The minimum Gasteiger partial charge on any atom is -0.457 e. The van der Waals surface area contributed by atoms with E-state index in [-0.39, 0.29) is 17.9 Å². The summed E-state index contributed by atoms with van der Waals surface area (Å²) in [4.78, 5) is 39.1. The molecule has 190 valence electrons. The van der Waals surface area contributed by atoms with Crippen molar-refractivity contribution in [3.8, 4) is 11.5 Å². The highest BCUT2D eigenvalue weighted by atomic mass is 32.2. The average Bonchev–Trinajstić information content (AvgIpc) is 3.37. The Bertz CT molecular complexity index is 1470. The number of carbonyl (C=O) groups is 1. The lowest BCUT2D eigenvalue weighted by atomic mass is 10.2. The monoisotopic (exact) mass is 514 g/mol. The number of amides is 1. The van der Waals surface area contributed by atoms with Crippen molar-refractivity contribution in [3.05, 3.63) is 86.7 Å². The molecule has 1 unspecified atom stereocenters. The molecule has 3 aromatic rings. The maximum atomic E-state index is 13.3. The molecule has 0 saturated carbocycles. The van der Waals surface area contributed by atoms with Gasteiger partial charge < -0.3 is 4.74 Å². The number of hydrogen-bond donors (Lipinski definition) is 3. The number of rotatable bonds is 9. The summed E-state index contributed by atoms with van der Waals surface area (Å²) in [6.07, 6.45) is 1.69. The molecule has 0 radical (unpaired) electrons. The van der Waals surface area contributed by atoms with Crippen LogP contribution in [0.3, 0.4) is 0 Å². The van der Waals surface area contributed by atoms with E-state index in [4.69, 9.17) is 4.74 Å². The van der Waals surface area contributed by atoms with Crippen molar-refractivity contribution in [1.82, 2.24) is 19.3 Å². The van der Waals surface area contributed by atoms with Crippen LogP contribution in [0.2, 0.25) is 0 Å². The largest absolute Gasteiger partial charge is 0.457 e. The van der Waals surface area contributed by atoms with Gasteiger partial charge in [-0.15, -0.1) is 0 Å². The highest BCUT2D eigenvalue weighted by molar-refractivity contribution is 7.89. The second-order valence-corrected chi connectivity index (χ2v) is 10.4. The van der Waals surface area contributed by atoms with Crippen LogP contribution in [0.5, 0.6) is 11.5 Å². The SMILES string of the molecule is CN(C(CCn1c2c(c(=O)[nH]c1=O)CCC2)C(=O)NO)S(=O)(=O)c1ccc(Oc2ccccc2)cc1. The number of likely N-dealkylation sites (N-methyl/N-ethyl adjacent to an activating group) is 1. The molecule has 0 fully saturated rings. The number of aromatic amines is 1. The Labute approximate surface area is 207 Å². The van der Waals surface area contributed by atoms with Gasteiger partial charge in [0.25, 0.3) is 11.5 Å². The summed E-state index contributed by atoms with van der Waals surface area (Å²) in [5, 5.41) is 9.26. The fourth-order valence-corrected chi connectivity index (χ4v) is 5.66. The van der Waals surface area contributed by atoms with E-state index in [0.29, 0.717) is 35.6 Å². The standard InChI is InChI=1S/C24H26N4O7S/c1-27(36(33,34)18-12-10-17(11-13-18)35-16-6-3-2-4-7-16)21(23(30)26-32)14-15-28-20-9-5-8-19(20)22(29)25-24(28)31/h2-4,6-7,10-13,21,32H,5,8-9,14-15H2,1H3,(H,26,30)(H,25,29,31). The minimum absolute atomic E-state index is 0.0280. The second-order valence-electron chi connectivity index (χ2n) is 8.38. The van der Waals surface area contributed by atoms with Gasteiger partial charge in [0.15, 0.2) is 0 Å². The van der Waals surface area contributed by atoms with Crippen LogP contribution in [0.25, 0.3) is 0 Å². The maximum Gasteiger partial charge on any atom is 0.328 e. The molecule has 1 heterocycles. The Morgan fingerprint density at radius 1 is 1.11 bits per heavy atom. The van der Waals surface area contributed by atoms with Crippen LogP contribution in [0, 0.1) is 0 Å². The Morgan fingerprint density at radius 3 is 2.44 bits per heavy atom.